The van der Waals surface area contributed by atoms with E-state index in [0.29, 0.717) is 6.42 Å². The lowest BCUT2D eigenvalue weighted by molar-refractivity contribution is -0.121. The van der Waals surface area contributed by atoms with Crippen LogP contribution in [0.25, 0.3) is 0 Å². The lowest BCUT2D eigenvalue weighted by Crippen LogP contribution is -2.49. The number of rotatable bonds is 7. The summed E-state index contributed by atoms with van der Waals surface area (Å²) in [5.74, 6) is -0.123. The summed E-state index contributed by atoms with van der Waals surface area (Å²) in [6.07, 6.45) is 2.55. The number of alkyl halides is 3. The zero-order valence-electron chi connectivity index (χ0n) is 13.2. The van der Waals surface area contributed by atoms with Crippen molar-refractivity contribution in [3.05, 3.63) is 29.3 Å². The SMILES string of the molecule is CCCCCC(=O)N[C@@H](Nc1ccc(C)cc1C)C(Cl)(Cl)Cl. The lowest BCUT2D eigenvalue weighted by atomic mass is 10.1. The molecule has 0 aliphatic carbocycles. The van der Waals surface area contributed by atoms with Crippen LogP contribution in [0.2, 0.25) is 0 Å². The summed E-state index contributed by atoms with van der Waals surface area (Å²) < 4.78 is -1.64. The highest BCUT2D eigenvalue weighted by Crippen LogP contribution is 2.32. The van der Waals surface area contributed by atoms with E-state index in [4.69, 9.17) is 34.8 Å². The van der Waals surface area contributed by atoms with Gasteiger partial charge in [-0.15, -0.1) is 0 Å². The molecule has 0 fully saturated rings. The van der Waals surface area contributed by atoms with E-state index < -0.39 is 9.96 Å². The Hall–Kier alpha value is -0.640. The first-order valence-electron chi connectivity index (χ1n) is 7.44. The molecule has 0 saturated heterocycles. The van der Waals surface area contributed by atoms with Gasteiger partial charge in [-0.2, -0.15) is 0 Å². The maximum absolute atomic E-state index is 12.0. The van der Waals surface area contributed by atoms with Crippen molar-refractivity contribution < 1.29 is 4.79 Å². The maximum atomic E-state index is 12.0. The molecule has 0 aliphatic heterocycles. The van der Waals surface area contributed by atoms with Crippen LogP contribution in [0, 0.1) is 13.8 Å². The van der Waals surface area contributed by atoms with Gasteiger partial charge in [0.05, 0.1) is 0 Å². The number of carbonyl (C=O) groups excluding carboxylic acids is 1. The number of amides is 1. The zero-order chi connectivity index (χ0) is 16.8. The van der Waals surface area contributed by atoms with Crippen molar-refractivity contribution in [2.24, 2.45) is 0 Å². The van der Waals surface area contributed by atoms with Gasteiger partial charge >= 0.3 is 0 Å². The second kappa shape index (κ2) is 8.85. The smallest absolute Gasteiger partial charge is 0.228 e. The Morgan fingerprint density at radius 2 is 1.91 bits per heavy atom. The summed E-state index contributed by atoms with van der Waals surface area (Å²) in [6.45, 7) is 6.07. The summed E-state index contributed by atoms with van der Waals surface area (Å²) >= 11 is 18.0. The minimum absolute atomic E-state index is 0.123. The average Bonchev–Trinajstić information content (AvgIpc) is 2.40. The summed E-state index contributed by atoms with van der Waals surface area (Å²) in [6, 6.07) is 5.91. The van der Waals surface area contributed by atoms with Gasteiger partial charge in [0.2, 0.25) is 9.70 Å². The molecule has 0 saturated carbocycles. The van der Waals surface area contributed by atoms with E-state index in [1.165, 1.54) is 0 Å². The topological polar surface area (TPSA) is 41.1 Å². The number of benzene rings is 1. The van der Waals surface area contributed by atoms with E-state index >= 15 is 0 Å². The van der Waals surface area contributed by atoms with Crippen LogP contribution in [0.3, 0.4) is 0 Å². The van der Waals surface area contributed by atoms with Gasteiger partial charge in [0.1, 0.15) is 6.17 Å². The van der Waals surface area contributed by atoms with Crippen molar-refractivity contribution in [2.45, 2.75) is 56.4 Å². The first kappa shape index (κ1) is 19.4. The van der Waals surface area contributed by atoms with Crippen LogP contribution in [0.15, 0.2) is 18.2 Å². The summed E-state index contributed by atoms with van der Waals surface area (Å²) in [7, 11) is 0. The van der Waals surface area contributed by atoms with Gasteiger partial charge in [0.15, 0.2) is 0 Å². The lowest BCUT2D eigenvalue weighted by Gasteiger charge is -2.28. The molecule has 1 aromatic carbocycles. The Morgan fingerprint density at radius 1 is 1.23 bits per heavy atom. The molecule has 3 nitrogen and oxygen atoms in total. The molecule has 0 heterocycles. The van der Waals surface area contributed by atoms with Gasteiger partial charge < -0.3 is 10.6 Å². The highest BCUT2D eigenvalue weighted by molar-refractivity contribution is 6.68. The van der Waals surface area contributed by atoms with Gasteiger partial charge in [-0.05, 0) is 31.9 Å². The molecule has 1 atom stereocenters. The Bertz CT molecular complexity index is 501. The van der Waals surface area contributed by atoms with Crippen LogP contribution in [-0.2, 0) is 4.79 Å². The fourth-order valence-corrected chi connectivity index (χ4v) is 2.43. The maximum Gasteiger partial charge on any atom is 0.228 e. The normalized spacial score (nSPS) is 12.8. The third-order valence-electron chi connectivity index (χ3n) is 3.32. The molecule has 1 amide bonds. The largest absolute Gasteiger partial charge is 0.362 e. The first-order valence-corrected chi connectivity index (χ1v) is 8.57. The molecule has 124 valence electrons. The third kappa shape index (κ3) is 6.64. The summed E-state index contributed by atoms with van der Waals surface area (Å²) in [4.78, 5) is 12.0. The molecular formula is C16H23Cl3N2O. The molecule has 6 heteroatoms. The standard InChI is InChI=1S/C16H23Cl3N2O/c1-4-5-6-7-14(22)21-15(16(17,18)19)20-13-9-8-11(2)10-12(13)3/h8-10,15,20H,4-7H2,1-3H3,(H,21,22)/t15-/m1/s1. The Balaban J connectivity index is 2.75. The van der Waals surface area contributed by atoms with Crippen molar-refractivity contribution in [1.82, 2.24) is 5.32 Å². The van der Waals surface area contributed by atoms with Crippen LogP contribution >= 0.6 is 34.8 Å². The molecule has 22 heavy (non-hydrogen) atoms. The Kier molecular flexibility index (Phi) is 7.81. The first-order chi connectivity index (χ1) is 10.2. The van der Waals surface area contributed by atoms with Gasteiger partial charge in [-0.3, -0.25) is 4.79 Å². The number of anilines is 1. The number of hydrogen-bond donors (Lipinski definition) is 2. The highest BCUT2D eigenvalue weighted by atomic mass is 35.6. The van der Waals surface area contributed by atoms with Gasteiger partial charge in [0.25, 0.3) is 0 Å². The van der Waals surface area contributed by atoms with Crippen molar-refractivity contribution in [3.8, 4) is 0 Å². The monoisotopic (exact) mass is 364 g/mol. The van der Waals surface area contributed by atoms with Gasteiger partial charge in [-0.25, -0.2) is 0 Å². The van der Waals surface area contributed by atoms with Crippen LogP contribution in [0.1, 0.15) is 43.7 Å². The molecule has 1 aromatic rings. The van der Waals surface area contributed by atoms with Crippen LogP contribution in [-0.4, -0.2) is 15.9 Å². The third-order valence-corrected chi connectivity index (χ3v) is 3.98. The van der Waals surface area contributed by atoms with E-state index in [0.717, 1.165) is 36.1 Å². The summed E-state index contributed by atoms with van der Waals surface area (Å²) in [5, 5.41) is 5.87. The fraction of sp³-hybridized carbons (Fsp3) is 0.562. The van der Waals surface area contributed by atoms with Crippen molar-refractivity contribution in [1.29, 1.82) is 0 Å². The number of unbranched alkanes of at least 4 members (excludes halogenated alkanes) is 2. The van der Waals surface area contributed by atoms with Crippen LogP contribution in [0.4, 0.5) is 5.69 Å². The molecule has 0 aromatic heterocycles. The quantitative estimate of drug-likeness (QED) is 0.400. The minimum Gasteiger partial charge on any atom is -0.362 e. The van der Waals surface area contributed by atoms with Crippen molar-refractivity contribution >= 4 is 46.4 Å². The Morgan fingerprint density at radius 3 is 2.45 bits per heavy atom. The van der Waals surface area contributed by atoms with Crippen molar-refractivity contribution in [3.63, 3.8) is 0 Å². The number of halogens is 3. The molecule has 2 N–H and O–H groups in total. The van der Waals surface area contributed by atoms with E-state index in [1.807, 2.05) is 32.0 Å². The highest BCUT2D eigenvalue weighted by Gasteiger charge is 2.34. The molecule has 0 spiro atoms. The predicted octanol–water partition coefficient (Wildman–Crippen LogP) is 5.11. The number of nitrogens with one attached hydrogen (secondary N) is 2. The minimum atomic E-state index is -1.64. The van der Waals surface area contributed by atoms with E-state index in [-0.39, 0.29) is 5.91 Å². The Labute approximate surface area is 147 Å². The second-order valence-electron chi connectivity index (χ2n) is 5.46. The molecule has 0 radical (unpaired) electrons. The number of aryl methyl sites for hydroxylation is 2. The van der Waals surface area contributed by atoms with E-state index in [2.05, 4.69) is 17.6 Å². The van der Waals surface area contributed by atoms with Gasteiger partial charge in [-0.1, -0.05) is 72.3 Å². The average molecular weight is 366 g/mol. The van der Waals surface area contributed by atoms with E-state index in [1.54, 1.807) is 0 Å². The summed E-state index contributed by atoms with van der Waals surface area (Å²) in [5.41, 5.74) is 3.01. The molecule has 1 rings (SSSR count). The second-order valence-corrected chi connectivity index (χ2v) is 7.83. The zero-order valence-corrected chi connectivity index (χ0v) is 15.4. The number of hydrogen-bond acceptors (Lipinski definition) is 2. The van der Waals surface area contributed by atoms with Crippen molar-refractivity contribution in [2.75, 3.05) is 5.32 Å². The molecule has 0 bridgehead atoms. The predicted molar refractivity (Wildman–Crippen MR) is 95.9 cm³/mol. The van der Waals surface area contributed by atoms with E-state index in [9.17, 15) is 4.79 Å². The van der Waals surface area contributed by atoms with Gasteiger partial charge in [0, 0.05) is 12.1 Å². The molecule has 0 aliphatic rings. The number of carbonyl (C=O) groups is 1. The molecule has 0 unspecified atom stereocenters. The molecular weight excluding hydrogens is 343 g/mol. The van der Waals surface area contributed by atoms with Crippen LogP contribution in [0.5, 0.6) is 0 Å². The van der Waals surface area contributed by atoms with Crippen LogP contribution < -0.4 is 10.6 Å². The fourth-order valence-electron chi connectivity index (χ4n) is 2.10.